The zero-order valence-corrected chi connectivity index (χ0v) is 14.7. The third kappa shape index (κ3) is 3.55. The molecule has 7 nitrogen and oxygen atoms in total. The summed E-state index contributed by atoms with van der Waals surface area (Å²) < 4.78 is 27.0. The molecule has 2 heterocycles. The van der Waals surface area contributed by atoms with E-state index in [0.29, 0.717) is 16.8 Å². The van der Waals surface area contributed by atoms with Gasteiger partial charge in [-0.2, -0.15) is 8.75 Å². The van der Waals surface area contributed by atoms with Gasteiger partial charge in [0, 0.05) is 5.56 Å². The Bertz CT molecular complexity index is 1080. The maximum Gasteiger partial charge on any atom is 0.277 e. The first-order valence-corrected chi connectivity index (χ1v) is 9.14. The second-order valence-corrected chi connectivity index (χ2v) is 6.61. The summed E-state index contributed by atoms with van der Waals surface area (Å²) >= 11 is 2.18. The van der Waals surface area contributed by atoms with Crippen molar-refractivity contribution in [3.63, 3.8) is 0 Å². The van der Waals surface area contributed by atoms with Gasteiger partial charge in [-0.25, -0.2) is 4.39 Å². The predicted octanol–water partition coefficient (Wildman–Crippen LogP) is 3.61. The fourth-order valence-corrected chi connectivity index (χ4v) is 3.34. The summed E-state index contributed by atoms with van der Waals surface area (Å²) in [6, 6.07) is 11.3. The summed E-state index contributed by atoms with van der Waals surface area (Å²) in [5.74, 6) is -0.342. The van der Waals surface area contributed by atoms with Gasteiger partial charge in [-0.15, -0.1) is 10.2 Å². The molecule has 2 aromatic heterocycles. The molecule has 2 aromatic carbocycles. The molecule has 0 fully saturated rings. The summed E-state index contributed by atoms with van der Waals surface area (Å²) in [5.41, 5.74) is 2.48. The van der Waals surface area contributed by atoms with E-state index in [-0.39, 0.29) is 28.6 Å². The van der Waals surface area contributed by atoms with Gasteiger partial charge in [0.2, 0.25) is 11.8 Å². The van der Waals surface area contributed by atoms with E-state index < -0.39 is 0 Å². The number of aromatic nitrogens is 4. The first-order chi connectivity index (χ1) is 12.7. The Hall–Kier alpha value is -2.85. The van der Waals surface area contributed by atoms with E-state index in [4.69, 9.17) is 4.42 Å². The van der Waals surface area contributed by atoms with Crippen LogP contribution in [0.15, 0.2) is 52.1 Å². The topological polar surface area (TPSA) is 93.8 Å². The number of carbonyl (C=O) groups is 1. The van der Waals surface area contributed by atoms with Crippen LogP contribution in [0.4, 0.5) is 10.1 Å². The van der Waals surface area contributed by atoms with Crippen molar-refractivity contribution in [1.82, 2.24) is 18.9 Å². The molecule has 0 unspecified atom stereocenters. The highest BCUT2D eigenvalue weighted by molar-refractivity contribution is 7.99. The minimum atomic E-state index is -0.389. The SMILES string of the molecule is O=C(CSc1nnc(-c2cccc(F)c2)o1)Nc1cccc2nsnc12. The number of hydrogen-bond acceptors (Lipinski definition) is 8. The van der Waals surface area contributed by atoms with Crippen LogP contribution in [0.1, 0.15) is 0 Å². The fourth-order valence-electron chi connectivity index (χ4n) is 2.23. The molecule has 0 saturated heterocycles. The van der Waals surface area contributed by atoms with Gasteiger partial charge >= 0.3 is 0 Å². The molecule has 26 heavy (non-hydrogen) atoms. The Morgan fingerprint density at radius 1 is 1.19 bits per heavy atom. The number of rotatable bonds is 5. The van der Waals surface area contributed by atoms with E-state index >= 15 is 0 Å². The normalized spacial score (nSPS) is 11.0. The number of nitrogens with zero attached hydrogens (tertiary/aromatic N) is 4. The molecule has 10 heteroatoms. The van der Waals surface area contributed by atoms with Crippen molar-refractivity contribution in [2.75, 3.05) is 11.1 Å². The van der Waals surface area contributed by atoms with E-state index in [1.165, 1.54) is 12.1 Å². The third-order valence-corrected chi connectivity index (χ3v) is 4.73. The van der Waals surface area contributed by atoms with Crippen molar-refractivity contribution in [2.24, 2.45) is 0 Å². The maximum atomic E-state index is 13.3. The number of fused-ring (bicyclic) bond motifs is 1. The minimum Gasteiger partial charge on any atom is -0.411 e. The summed E-state index contributed by atoms with van der Waals surface area (Å²) in [6.07, 6.45) is 0. The highest BCUT2D eigenvalue weighted by atomic mass is 32.2. The van der Waals surface area contributed by atoms with Crippen LogP contribution in [-0.2, 0) is 4.79 Å². The zero-order chi connectivity index (χ0) is 17.9. The van der Waals surface area contributed by atoms with Gasteiger partial charge in [-0.05, 0) is 30.3 Å². The summed E-state index contributed by atoms with van der Waals surface area (Å²) in [4.78, 5) is 12.2. The van der Waals surface area contributed by atoms with Crippen LogP contribution in [0.25, 0.3) is 22.5 Å². The molecule has 0 atom stereocenters. The molecule has 0 aliphatic heterocycles. The monoisotopic (exact) mass is 387 g/mol. The second-order valence-electron chi connectivity index (χ2n) is 5.16. The molecule has 0 saturated carbocycles. The first-order valence-electron chi connectivity index (χ1n) is 7.42. The van der Waals surface area contributed by atoms with Gasteiger partial charge in [-0.3, -0.25) is 4.79 Å². The van der Waals surface area contributed by atoms with Crippen molar-refractivity contribution in [2.45, 2.75) is 5.22 Å². The van der Waals surface area contributed by atoms with E-state index in [2.05, 4.69) is 24.3 Å². The Morgan fingerprint density at radius 2 is 2.08 bits per heavy atom. The fraction of sp³-hybridized carbons (Fsp3) is 0.0625. The van der Waals surface area contributed by atoms with Crippen LogP contribution in [0.3, 0.4) is 0 Å². The lowest BCUT2D eigenvalue weighted by Crippen LogP contribution is -2.14. The van der Waals surface area contributed by atoms with E-state index in [9.17, 15) is 9.18 Å². The molecule has 0 radical (unpaired) electrons. The average molecular weight is 387 g/mol. The van der Waals surface area contributed by atoms with Gasteiger partial charge in [-0.1, -0.05) is 23.9 Å². The Labute approximate surface area is 155 Å². The van der Waals surface area contributed by atoms with Crippen molar-refractivity contribution in [3.05, 3.63) is 48.3 Å². The van der Waals surface area contributed by atoms with Crippen molar-refractivity contribution < 1.29 is 13.6 Å². The molecule has 130 valence electrons. The largest absolute Gasteiger partial charge is 0.411 e. The maximum absolute atomic E-state index is 13.3. The Kier molecular flexibility index (Phi) is 4.59. The molecule has 0 spiro atoms. The molecule has 0 aliphatic rings. The highest BCUT2D eigenvalue weighted by Crippen LogP contribution is 2.25. The van der Waals surface area contributed by atoms with Crippen molar-refractivity contribution in [3.8, 4) is 11.5 Å². The van der Waals surface area contributed by atoms with Gasteiger partial charge in [0.15, 0.2) is 0 Å². The van der Waals surface area contributed by atoms with E-state index in [0.717, 1.165) is 29.0 Å². The second kappa shape index (κ2) is 7.18. The van der Waals surface area contributed by atoms with Gasteiger partial charge in [0.05, 0.1) is 23.2 Å². The summed E-state index contributed by atoms with van der Waals surface area (Å²) in [5, 5.41) is 10.8. The van der Waals surface area contributed by atoms with Crippen LogP contribution in [-0.4, -0.2) is 30.6 Å². The lowest BCUT2D eigenvalue weighted by Gasteiger charge is -2.03. The first kappa shape index (κ1) is 16.6. The highest BCUT2D eigenvalue weighted by Gasteiger charge is 2.13. The van der Waals surface area contributed by atoms with Crippen LogP contribution < -0.4 is 5.32 Å². The van der Waals surface area contributed by atoms with Crippen molar-refractivity contribution in [1.29, 1.82) is 0 Å². The number of thioether (sulfide) groups is 1. The smallest absolute Gasteiger partial charge is 0.277 e. The Balaban J connectivity index is 1.40. The van der Waals surface area contributed by atoms with Gasteiger partial charge in [0.1, 0.15) is 16.9 Å². The van der Waals surface area contributed by atoms with Crippen LogP contribution in [0.2, 0.25) is 0 Å². The zero-order valence-electron chi connectivity index (χ0n) is 13.0. The molecule has 4 rings (SSSR count). The molecular formula is C16H10FN5O2S2. The van der Waals surface area contributed by atoms with Gasteiger partial charge in [0.25, 0.3) is 5.22 Å². The van der Waals surface area contributed by atoms with Crippen LogP contribution in [0.5, 0.6) is 0 Å². The lowest BCUT2D eigenvalue weighted by molar-refractivity contribution is -0.113. The summed E-state index contributed by atoms with van der Waals surface area (Å²) in [6.45, 7) is 0. The molecule has 1 N–H and O–H groups in total. The molecule has 0 bridgehead atoms. The molecule has 1 amide bonds. The summed E-state index contributed by atoms with van der Waals surface area (Å²) in [7, 11) is 0. The lowest BCUT2D eigenvalue weighted by atomic mass is 10.2. The number of benzene rings is 2. The van der Waals surface area contributed by atoms with E-state index in [1.807, 2.05) is 6.07 Å². The molecular weight excluding hydrogens is 377 g/mol. The Morgan fingerprint density at radius 3 is 2.96 bits per heavy atom. The number of halogens is 1. The number of carbonyl (C=O) groups excluding carboxylic acids is 1. The standard InChI is InChI=1S/C16H10FN5O2S2/c17-10-4-1-3-9(7-10)15-19-20-16(24-15)25-8-13(23)18-11-5-2-6-12-14(11)22-26-21-12/h1-7H,8H2,(H,18,23). The number of hydrogen-bond donors (Lipinski definition) is 1. The number of anilines is 1. The van der Waals surface area contributed by atoms with Gasteiger partial charge < -0.3 is 9.73 Å². The van der Waals surface area contributed by atoms with Crippen LogP contribution in [0, 0.1) is 5.82 Å². The molecule has 0 aliphatic carbocycles. The van der Waals surface area contributed by atoms with E-state index in [1.54, 1.807) is 24.3 Å². The number of amides is 1. The third-order valence-electron chi connectivity index (χ3n) is 3.36. The predicted molar refractivity (Wildman–Crippen MR) is 96.5 cm³/mol. The minimum absolute atomic E-state index is 0.0821. The van der Waals surface area contributed by atoms with Crippen molar-refractivity contribution >= 4 is 46.1 Å². The van der Waals surface area contributed by atoms with Crippen LogP contribution >= 0.6 is 23.5 Å². The number of nitrogens with one attached hydrogen (secondary N) is 1. The average Bonchev–Trinajstić information content (AvgIpc) is 3.30. The molecule has 4 aromatic rings. The quantitative estimate of drug-likeness (QED) is 0.523.